The number of rotatable bonds is 3. The highest BCUT2D eigenvalue weighted by molar-refractivity contribution is 5.70. The molecule has 0 unspecified atom stereocenters. The van der Waals surface area contributed by atoms with Crippen molar-refractivity contribution < 1.29 is 14.6 Å². The summed E-state index contributed by atoms with van der Waals surface area (Å²) in [4.78, 5) is 10.5. The van der Waals surface area contributed by atoms with Crippen LogP contribution in [0.1, 0.15) is 5.56 Å². The zero-order valence-electron chi connectivity index (χ0n) is 6.53. The molecule has 1 rings (SSSR count). The molecule has 0 bridgehead atoms. The van der Waals surface area contributed by atoms with E-state index in [1.807, 2.05) is 30.3 Å². The Labute approximate surface area is 70.6 Å². The molecular formula is C9H9O3. The number of esters is 1. The van der Waals surface area contributed by atoms with Crippen molar-refractivity contribution in [3.05, 3.63) is 35.9 Å². The summed E-state index contributed by atoms with van der Waals surface area (Å²) in [5.41, 5.74) is 0.888. The van der Waals surface area contributed by atoms with E-state index in [0.717, 1.165) is 5.56 Å². The molecule has 3 heteroatoms. The minimum Gasteiger partial charge on any atom is -0.459 e. The molecule has 1 aromatic carbocycles. The Kier molecular flexibility index (Phi) is 3.29. The fourth-order valence-electron chi connectivity index (χ4n) is 0.780. The first-order chi connectivity index (χ1) is 5.83. The molecule has 12 heavy (non-hydrogen) atoms. The van der Waals surface area contributed by atoms with Crippen LogP contribution in [0.5, 0.6) is 0 Å². The van der Waals surface area contributed by atoms with Gasteiger partial charge in [0.15, 0.2) is 6.61 Å². The molecule has 1 radical (unpaired) electrons. The first-order valence-electron chi connectivity index (χ1n) is 3.60. The molecule has 0 aliphatic rings. The molecule has 0 aliphatic carbocycles. The van der Waals surface area contributed by atoms with Crippen molar-refractivity contribution in [3.63, 3.8) is 0 Å². The van der Waals surface area contributed by atoms with Crippen molar-refractivity contribution in [2.24, 2.45) is 0 Å². The van der Waals surface area contributed by atoms with Crippen LogP contribution in [0.3, 0.4) is 0 Å². The van der Waals surface area contributed by atoms with Gasteiger partial charge in [-0.05, 0) is 5.56 Å². The zero-order valence-corrected chi connectivity index (χ0v) is 6.53. The van der Waals surface area contributed by atoms with Gasteiger partial charge in [0.1, 0.15) is 6.61 Å². The zero-order chi connectivity index (χ0) is 8.81. The summed E-state index contributed by atoms with van der Waals surface area (Å²) in [6.07, 6.45) is 0. The van der Waals surface area contributed by atoms with Gasteiger partial charge in [-0.1, -0.05) is 30.3 Å². The predicted molar refractivity (Wildman–Crippen MR) is 41.8 cm³/mol. The van der Waals surface area contributed by atoms with E-state index < -0.39 is 12.6 Å². The quantitative estimate of drug-likeness (QED) is 0.631. The van der Waals surface area contributed by atoms with E-state index in [2.05, 4.69) is 4.74 Å². The summed E-state index contributed by atoms with van der Waals surface area (Å²) in [6, 6.07) is 9.23. The number of carbonyl (C=O) groups is 1. The second-order valence-corrected chi connectivity index (χ2v) is 2.29. The third-order valence-corrected chi connectivity index (χ3v) is 1.36. The highest BCUT2D eigenvalue weighted by Crippen LogP contribution is 1.99. The number of hydrogen-bond donors (Lipinski definition) is 0. The van der Waals surface area contributed by atoms with E-state index in [1.165, 1.54) is 0 Å². The Morgan fingerprint density at radius 3 is 2.50 bits per heavy atom. The molecule has 0 atom stereocenters. The summed E-state index contributed by atoms with van der Waals surface area (Å²) in [5.74, 6) is -0.709. The van der Waals surface area contributed by atoms with Crippen LogP contribution in [0.15, 0.2) is 30.3 Å². The lowest BCUT2D eigenvalue weighted by molar-refractivity contribution is -0.150. The van der Waals surface area contributed by atoms with Gasteiger partial charge in [0.05, 0.1) is 0 Å². The summed E-state index contributed by atoms with van der Waals surface area (Å²) >= 11 is 0. The van der Waals surface area contributed by atoms with Gasteiger partial charge in [0.25, 0.3) is 0 Å². The van der Waals surface area contributed by atoms with Crippen molar-refractivity contribution in [3.8, 4) is 0 Å². The minimum atomic E-state index is -0.813. The molecule has 0 fully saturated rings. The second-order valence-electron chi connectivity index (χ2n) is 2.29. The molecule has 1 aromatic rings. The van der Waals surface area contributed by atoms with Crippen molar-refractivity contribution in [1.29, 1.82) is 0 Å². The lowest BCUT2D eigenvalue weighted by atomic mass is 10.2. The summed E-state index contributed by atoms with van der Waals surface area (Å²) < 4.78 is 4.63. The van der Waals surface area contributed by atoms with Crippen molar-refractivity contribution in [2.75, 3.05) is 6.61 Å². The van der Waals surface area contributed by atoms with Crippen LogP contribution in [0.4, 0.5) is 0 Å². The molecular weight excluding hydrogens is 156 g/mol. The van der Waals surface area contributed by atoms with Gasteiger partial charge in [-0.3, -0.25) is 0 Å². The van der Waals surface area contributed by atoms with Gasteiger partial charge in [-0.15, -0.1) is 0 Å². The Balaban J connectivity index is 2.38. The lowest BCUT2D eigenvalue weighted by Gasteiger charge is -2.00. The number of carbonyl (C=O) groups excluding carboxylic acids is 1. The number of ether oxygens (including phenoxy) is 1. The largest absolute Gasteiger partial charge is 0.459 e. The molecule has 0 aliphatic heterocycles. The smallest absolute Gasteiger partial charge is 0.335 e. The summed E-state index contributed by atoms with van der Waals surface area (Å²) in [6.45, 7) is -0.630. The van der Waals surface area contributed by atoms with Crippen molar-refractivity contribution >= 4 is 5.97 Å². The monoisotopic (exact) mass is 165 g/mol. The van der Waals surface area contributed by atoms with Gasteiger partial charge < -0.3 is 4.74 Å². The van der Waals surface area contributed by atoms with Crippen molar-refractivity contribution in [2.45, 2.75) is 6.61 Å². The van der Waals surface area contributed by atoms with E-state index in [0.29, 0.717) is 0 Å². The normalized spacial score (nSPS) is 9.42. The van der Waals surface area contributed by atoms with E-state index in [4.69, 9.17) is 0 Å². The third kappa shape index (κ3) is 2.72. The van der Waals surface area contributed by atoms with Crippen LogP contribution in [0.2, 0.25) is 0 Å². The van der Waals surface area contributed by atoms with Gasteiger partial charge >= 0.3 is 5.97 Å². The molecule has 0 spiro atoms. The molecule has 0 saturated carbocycles. The van der Waals surface area contributed by atoms with E-state index >= 15 is 0 Å². The van der Waals surface area contributed by atoms with E-state index in [9.17, 15) is 9.90 Å². The van der Waals surface area contributed by atoms with E-state index in [-0.39, 0.29) is 6.61 Å². The molecule has 0 heterocycles. The summed E-state index contributed by atoms with van der Waals surface area (Å²) in [7, 11) is 0. The summed E-state index contributed by atoms with van der Waals surface area (Å²) in [5, 5.41) is 9.98. The van der Waals surface area contributed by atoms with Gasteiger partial charge in [-0.25, -0.2) is 9.90 Å². The standard InChI is InChI=1S/C9H9O3/c10-6-9(11)12-7-8-4-2-1-3-5-8/h1-5H,6-7H2. The molecule has 0 amide bonds. The maximum atomic E-state index is 10.5. The Morgan fingerprint density at radius 1 is 1.25 bits per heavy atom. The Morgan fingerprint density at radius 2 is 1.92 bits per heavy atom. The fraction of sp³-hybridized carbons (Fsp3) is 0.222. The number of benzene rings is 1. The molecule has 0 aromatic heterocycles. The minimum absolute atomic E-state index is 0.182. The first-order valence-corrected chi connectivity index (χ1v) is 3.60. The SMILES string of the molecule is [O]CC(=O)OCc1ccccc1. The van der Waals surface area contributed by atoms with E-state index in [1.54, 1.807) is 0 Å². The average Bonchev–Trinajstić information content (AvgIpc) is 2.16. The molecule has 63 valence electrons. The first kappa shape index (κ1) is 8.74. The predicted octanol–water partition coefficient (Wildman–Crippen LogP) is 1.16. The van der Waals surface area contributed by atoms with Crippen LogP contribution in [0.25, 0.3) is 0 Å². The molecule has 0 N–H and O–H groups in total. The maximum absolute atomic E-state index is 10.5. The molecule has 3 nitrogen and oxygen atoms in total. The lowest BCUT2D eigenvalue weighted by Crippen LogP contribution is -2.07. The van der Waals surface area contributed by atoms with Crippen LogP contribution in [-0.2, 0) is 21.2 Å². The van der Waals surface area contributed by atoms with Gasteiger partial charge in [-0.2, -0.15) is 0 Å². The van der Waals surface area contributed by atoms with Gasteiger partial charge in [0.2, 0.25) is 0 Å². The second kappa shape index (κ2) is 4.51. The third-order valence-electron chi connectivity index (χ3n) is 1.36. The molecule has 0 saturated heterocycles. The van der Waals surface area contributed by atoms with Crippen LogP contribution < -0.4 is 0 Å². The Hall–Kier alpha value is -1.35. The highest BCUT2D eigenvalue weighted by Gasteiger charge is 1.99. The average molecular weight is 165 g/mol. The Bertz CT molecular complexity index is 243. The fourth-order valence-corrected chi connectivity index (χ4v) is 0.780. The highest BCUT2D eigenvalue weighted by atomic mass is 16.5. The van der Waals surface area contributed by atoms with Crippen LogP contribution in [-0.4, -0.2) is 12.6 Å². The van der Waals surface area contributed by atoms with Gasteiger partial charge in [0, 0.05) is 0 Å². The van der Waals surface area contributed by atoms with Crippen molar-refractivity contribution in [1.82, 2.24) is 0 Å². The number of hydrogen-bond acceptors (Lipinski definition) is 2. The van der Waals surface area contributed by atoms with Crippen LogP contribution in [0, 0.1) is 0 Å². The maximum Gasteiger partial charge on any atom is 0.335 e. The van der Waals surface area contributed by atoms with Crippen LogP contribution >= 0.6 is 0 Å². The topological polar surface area (TPSA) is 46.2 Å².